The normalized spacial score (nSPS) is 21.3. The van der Waals surface area contributed by atoms with Crippen molar-refractivity contribution in [1.29, 1.82) is 5.26 Å². The van der Waals surface area contributed by atoms with Crippen molar-refractivity contribution in [3.05, 3.63) is 35.1 Å². The van der Waals surface area contributed by atoms with Crippen LogP contribution in [0.1, 0.15) is 11.1 Å². The average Bonchev–Trinajstić information content (AvgIpc) is 2.42. The molecule has 1 fully saturated rings. The van der Waals surface area contributed by atoms with Crippen molar-refractivity contribution in [2.45, 2.75) is 12.6 Å². The van der Waals surface area contributed by atoms with Gasteiger partial charge in [0.2, 0.25) is 0 Å². The number of nitrogens with zero attached hydrogens (tertiary/aromatic N) is 3. The molecule has 1 aliphatic rings. The summed E-state index contributed by atoms with van der Waals surface area (Å²) in [4.78, 5) is 4.43. The summed E-state index contributed by atoms with van der Waals surface area (Å²) in [5, 5.41) is 8.85. The van der Waals surface area contributed by atoms with Crippen LogP contribution >= 0.6 is 0 Å². The summed E-state index contributed by atoms with van der Waals surface area (Å²) in [6.45, 7) is 3.79. The van der Waals surface area contributed by atoms with Crippen LogP contribution in [-0.2, 0) is 6.54 Å². The number of benzene rings is 1. The maximum atomic E-state index is 14.0. The molecule has 0 bridgehead atoms. The molecular weight excluding hydrogens is 243 g/mol. The molecule has 2 rings (SSSR count). The van der Waals surface area contributed by atoms with Crippen LogP contribution in [0.25, 0.3) is 0 Å². The first-order valence-corrected chi connectivity index (χ1v) is 6.46. The van der Waals surface area contributed by atoms with Crippen molar-refractivity contribution < 1.29 is 4.39 Å². The highest BCUT2D eigenvalue weighted by Gasteiger charge is 2.25. The lowest BCUT2D eigenvalue weighted by Crippen LogP contribution is -2.54. The standard InChI is InChI=1S/C14H19FN4/c1-18-5-6-19(13(8-17)10-18)9-12-4-2-3-11(7-16)14(12)15/h2-4,13H,5-6,8-10,17H2,1H3. The summed E-state index contributed by atoms with van der Waals surface area (Å²) in [6.07, 6.45) is 0. The van der Waals surface area contributed by atoms with Gasteiger partial charge in [0.25, 0.3) is 0 Å². The molecule has 5 heteroatoms. The summed E-state index contributed by atoms with van der Waals surface area (Å²) in [7, 11) is 2.07. The van der Waals surface area contributed by atoms with Gasteiger partial charge in [-0.1, -0.05) is 12.1 Å². The van der Waals surface area contributed by atoms with Gasteiger partial charge in [-0.15, -0.1) is 0 Å². The second-order valence-electron chi connectivity index (χ2n) is 5.01. The summed E-state index contributed by atoms with van der Waals surface area (Å²) >= 11 is 0. The van der Waals surface area contributed by atoms with Gasteiger partial charge in [0.1, 0.15) is 11.9 Å². The maximum Gasteiger partial charge on any atom is 0.145 e. The van der Waals surface area contributed by atoms with Gasteiger partial charge in [-0.3, -0.25) is 4.90 Å². The first-order chi connectivity index (χ1) is 9.15. The summed E-state index contributed by atoms with van der Waals surface area (Å²) < 4.78 is 14.0. The molecule has 1 atom stereocenters. The number of hydrogen-bond donors (Lipinski definition) is 1. The van der Waals surface area contributed by atoms with Crippen LogP contribution in [-0.4, -0.2) is 49.1 Å². The van der Waals surface area contributed by atoms with Crippen LogP contribution in [0.15, 0.2) is 18.2 Å². The molecule has 0 aromatic heterocycles. The highest BCUT2D eigenvalue weighted by Crippen LogP contribution is 2.17. The van der Waals surface area contributed by atoms with E-state index in [-0.39, 0.29) is 11.6 Å². The van der Waals surface area contributed by atoms with Gasteiger partial charge in [-0.2, -0.15) is 5.26 Å². The Hall–Kier alpha value is -1.48. The van der Waals surface area contributed by atoms with Crippen LogP contribution < -0.4 is 5.73 Å². The fourth-order valence-electron chi connectivity index (χ4n) is 2.49. The van der Waals surface area contributed by atoms with Crippen molar-refractivity contribution in [2.24, 2.45) is 5.73 Å². The molecule has 1 aromatic carbocycles. The SMILES string of the molecule is CN1CCN(Cc2cccc(C#N)c2F)C(CN)C1. The first-order valence-electron chi connectivity index (χ1n) is 6.46. The second kappa shape index (κ2) is 6.11. The molecule has 1 saturated heterocycles. The zero-order chi connectivity index (χ0) is 13.8. The van der Waals surface area contributed by atoms with E-state index in [0.717, 1.165) is 19.6 Å². The molecule has 1 aromatic rings. The molecular formula is C14H19FN4. The van der Waals surface area contributed by atoms with E-state index in [1.54, 1.807) is 12.1 Å². The summed E-state index contributed by atoms with van der Waals surface area (Å²) in [5.74, 6) is -0.403. The highest BCUT2D eigenvalue weighted by atomic mass is 19.1. The third kappa shape index (κ3) is 3.10. The first kappa shape index (κ1) is 13.9. The molecule has 0 aliphatic carbocycles. The Morgan fingerprint density at radius 1 is 1.47 bits per heavy atom. The number of piperazine rings is 1. The highest BCUT2D eigenvalue weighted by molar-refractivity contribution is 5.34. The molecule has 0 radical (unpaired) electrons. The van der Waals surface area contributed by atoms with Gasteiger partial charge in [0.05, 0.1) is 5.56 Å². The lowest BCUT2D eigenvalue weighted by molar-refractivity contribution is 0.0871. The molecule has 102 valence electrons. The molecule has 1 aliphatic heterocycles. The van der Waals surface area contributed by atoms with Gasteiger partial charge in [0.15, 0.2) is 0 Å². The summed E-state index contributed by atoms with van der Waals surface area (Å²) in [6, 6.07) is 7.09. The predicted molar refractivity (Wildman–Crippen MR) is 71.9 cm³/mol. The Morgan fingerprint density at radius 2 is 2.26 bits per heavy atom. The average molecular weight is 262 g/mol. The molecule has 4 nitrogen and oxygen atoms in total. The van der Waals surface area contributed by atoms with Gasteiger partial charge < -0.3 is 10.6 Å². The van der Waals surface area contributed by atoms with Gasteiger partial charge in [-0.25, -0.2) is 4.39 Å². The zero-order valence-electron chi connectivity index (χ0n) is 11.1. The molecule has 0 amide bonds. The molecule has 1 unspecified atom stereocenters. The fraction of sp³-hybridized carbons (Fsp3) is 0.500. The van der Waals surface area contributed by atoms with E-state index in [0.29, 0.717) is 18.7 Å². The number of likely N-dealkylation sites (N-methyl/N-ethyl adjacent to an activating group) is 1. The molecule has 19 heavy (non-hydrogen) atoms. The lowest BCUT2D eigenvalue weighted by Gasteiger charge is -2.39. The zero-order valence-corrected chi connectivity index (χ0v) is 11.1. The third-order valence-corrected chi connectivity index (χ3v) is 3.65. The minimum absolute atomic E-state index is 0.107. The van der Waals surface area contributed by atoms with E-state index in [2.05, 4.69) is 16.8 Å². The Labute approximate surface area is 113 Å². The van der Waals surface area contributed by atoms with Crippen molar-refractivity contribution >= 4 is 0 Å². The third-order valence-electron chi connectivity index (χ3n) is 3.65. The number of rotatable bonds is 3. The van der Waals surface area contributed by atoms with Gasteiger partial charge in [0, 0.05) is 44.3 Å². The van der Waals surface area contributed by atoms with Crippen molar-refractivity contribution in [2.75, 3.05) is 33.2 Å². The van der Waals surface area contributed by atoms with Crippen LogP contribution in [0.4, 0.5) is 4.39 Å². The Morgan fingerprint density at radius 3 is 2.95 bits per heavy atom. The van der Waals surface area contributed by atoms with Gasteiger partial charge >= 0.3 is 0 Å². The van der Waals surface area contributed by atoms with Crippen molar-refractivity contribution in [3.8, 4) is 6.07 Å². The number of hydrogen-bond acceptors (Lipinski definition) is 4. The van der Waals surface area contributed by atoms with E-state index in [4.69, 9.17) is 11.0 Å². The molecule has 2 N–H and O–H groups in total. The largest absolute Gasteiger partial charge is 0.329 e. The topological polar surface area (TPSA) is 56.3 Å². The number of nitriles is 1. The van der Waals surface area contributed by atoms with Crippen LogP contribution in [0.2, 0.25) is 0 Å². The van der Waals surface area contributed by atoms with E-state index < -0.39 is 5.82 Å². The van der Waals surface area contributed by atoms with Crippen molar-refractivity contribution in [3.63, 3.8) is 0 Å². The number of halogens is 1. The maximum absolute atomic E-state index is 14.0. The fourth-order valence-corrected chi connectivity index (χ4v) is 2.49. The summed E-state index contributed by atoms with van der Waals surface area (Å²) in [5.41, 5.74) is 6.47. The van der Waals surface area contributed by atoms with Crippen LogP contribution in [0.3, 0.4) is 0 Å². The monoisotopic (exact) mass is 262 g/mol. The minimum atomic E-state index is -0.403. The van der Waals surface area contributed by atoms with Crippen LogP contribution in [0, 0.1) is 17.1 Å². The quantitative estimate of drug-likeness (QED) is 0.874. The van der Waals surface area contributed by atoms with E-state index in [1.807, 2.05) is 6.07 Å². The van der Waals surface area contributed by atoms with E-state index in [9.17, 15) is 4.39 Å². The Kier molecular flexibility index (Phi) is 4.48. The van der Waals surface area contributed by atoms with Crippen molar-refractivity contribution in [1.82, 2.24) is 9.80 Å². The molecule has 1 heterocycles. The predicted octanol–water partition coefficient (Wildman–Crippen LogP) is 0.772. The Balaban J connectivity index is 2.14. The Bertz CT molecular complexity index is 483. The smallest absolute Gasteiger partial charge is 0.145 e. The lowest BCUT2D eigenvalue weighted by atomic mass is 10.1. The van der Waals surface area contributed by atoms with Crippen LogP contribution in [0.5, 0.6) is 0 Å². The van der Waals surface area contributed by atoms with Gasteiger partial charge in [-0.05, 0) is 13.1 Å². The molecule has 0 saturated carbocycles. The minimum Gasteiger partial charge on any atom is -0.329 e. The molecule has 0 spiro atoms. The van der Waals surface area contributed by atoms with E-state index >= 15 is 0 Å². The van der Waals surface area contributed by atoms with E-state index in [1.165, 1.54) is 6.07 Å². The number of nitrogens with two attached hydrogens (primary N) is 1. The second-order valence-corrected chi connectivity index (χ2v) is 5.01.